The van der Waals surface area contributed by atoms with Crippen molar-refractivity contribution in [3.8, 4) is 28.7 Å². The molecule has 0 spiro atoms. The Morgan fingerprint density at radius 3 is 1.64 bits per heavy atom. The Bertz CT molecular complexity index is 747. The molecular formula is C18H21NO6. The van der Waals surface area contributed by atoms with Gasteiger partial charge in [0, 0.05) is 11.1 Å². The average molecular weight is 347 g/mol. The number of hydrogen-bond acceptors (Lipinski definition) is 7. The maximum absolute atomic E-state index is 9.58. The van der Waals surface area contributed by atoms with Crippen molar-refractivity contribution in [3.05, 3.63) is 41.5 Å². The highest BCUT2D eigenvalue weighted by molar-refractivity contribution is 6.13. The summed E-state index contributed by atoms with van der Waals surface area (Å²) in [6.07, 6.45) is 0. The second-order valence-electron chi connectivity index (χ2n) is 4.93. The molecular weight excluding hydrogens is 326 g/mol. The van der Waals surface area contributed by atoms with Gasteiger partial charge in [0.05, 0.1) is 35.5 Å². The van der Waals surface area contributed by atoms with Crippen molar-refractivity contribution in [2.75, 3.05) is 35.5 Å². The van der Waals surface area contributed by atoms with Gasteiger partial charge in [-0.25, -0.2) is 0 Å². The fourth-order valence-corrected chi connectivity index (χ4v) is 2.48. The number of oxime groups is 1. The van der Waals surface area contributed by atoms with Crippen LogP contribution in [0.1, 0.15) is 11.1 Å². The quantitative estimate of drug-likeness (QED) is 0.471. The summed E-state index contributed by atoms with van der Waals surface area (Å²) in [6, 6.07) is 8.62. The number of rotatable bonds is 7. The molecule has 2 aromatic rings. The van der Waals surface area contributed by atoms with Crippen molar-refractivity contribution < 1.29 is 28.9 Å². The smallest absolute Gasteiger partial charge is 0.203 e. The molecule has 134 valence electrons. The van der Waals surface area contributed by atoms with Gasteiger partial charge in [0.25, 0.3) is 0 Å². The highest BCUT2D eigenvalue weighted by atomic mass is 16.5. The average Bonchev–Trinajstić information content (AvgIpc) is 2.67. The Balaban J connectivity index is 2.59. The lowest BCUT2D eigenvalue weighted by Crippen LogP contribution is -2.06. The maximum atomic E-state index is 9.58. The van der Waals surface area contributed by atoms with E-state index >= 15 is 0 Å². The van der Waals surface area contributed by atoms with Gasteiger partial charge in [-0.2, -0.15) is 0 Å². The zero-order valence-corrected chi connectivity index (χ0v) is 14.8. The van der Waals surface area contributed by atoms with Crippen molar-refractivity contribution in [2.24, 2.45) is 5.16 Å². The minimum Gasteiger partial charge on any atom is -0.493 e. The lowest BCUT2D eigenvalue weighted by Gasteiger charge is -2.15. The molecule has 0 aromatic heterocycles. The number of methoxy groups -OCH3 is 5. The SMILES string of the molecule is COc1ccc(/C(=N\O)c2cc(OC)c(OC)c(OC)c2)cc1OC. The first kappa shape index (κ1) is 18.3. The van der Waals surface area contributed by atoms with Crippen LogP contribution in [0.5, 0.6) is 28.7 Å². The number of ether oxygens (including phenoxy) is 5. The highest BCUT2D eigenvalue weighted by Gasteiger charge is 2.18. The van der Waals surface area contributed by atoms with Crippen LogP contribution in [0.3, 0.4) is 0 Å². The second-order valence-corrected chi connectivity index (χ2v) is 4.93. The van der Waals surface area contributed by atoms with Crippen molar-refractivity contribution >= 4 is 5.71 Å². The standard InChI is InChI=1S/C18H21NO6/c1-21-13-7-6-11(8-14(13)22-2)17(19-20)12-9-15(23-3)18(25-5)16(10-12)24-4/h6-10,20H,1-5H3/b19-17+. The Morgan fingerprint density at radius 2 is 1.20 bits per heavy atom. The van der Waals surface area contributed by atoms with Crippen molar-refractivity contribution in [2.45, 2.75) is 0 Å². The molecule has 1 N–H and O–H groups in total. The Hall–Kier alpha value is -3.09. The van der Waals surface area contributed by atoms with Gasteiger partial charge < -0.3 is 28.9 Å². The molecule has 0 aliphatic heterocycles. The number of hydrogen-bond donors (Lipinski definition) is 1. The van der Waals surface area contributed by atoms with Crippen LogP contribution in [-0.2, 0) is 0 Å². The van der Waals surface area contributed by atoms with E-state index in [2.05, 4.69) is 5.16 Å². The van der Waals surface area contributed by atoms with Crippen LogP contribution in [-0.4, -0.2) is 46.5 Å². The van der Waals surface area contributed by atoms with E-state index in [9.17, 15) is 5.21 Å². The predicted octanol–water partition coefficient (Wildman–Crippen LogP) is 2.96. The number of nitrogens with zero attached hydrogens (tertiary/aromatic N) is 1. The Labute approximate surface area is 146 Å². The Kier molecular flexibility index (Phi) is 5.94. The van der Waals surface area contributed by atoms with E-state index in [0.717, 1.165) is 0 Å². The summed E-state index contributed by atoms with van der Waals surface area (Å²) in [5.74, 6) is 2.47. The van der Waals surface area contributed by atoms with Gasteiger partial charge in [-0.15, -0.1) is 0 Å². The molecule has 25 heavy (non-hydrogen) atoms. The summed E-state index contributed by atoms with van der Waals surface area (Å²) in [5.41, 5.74) is 1.54. The first-order valence-corrected chi connectivity index (χ1v) is 7.38. The van der Waals surface area contributed by atoms with Crippen LogP contribution >= 0.6 is 0 Å². The van der Waals surface area contributed by atoms with E-state index in [1.807, 2.05) is 0 Å². The van der Waals surface area contributed by atoms with Gasteiger partial charge in [0.15, 0.2) is 23.0 Å². The molecule has 7 heteroatoms. The fraction of sp³-hybridized carbons (Fsp3) is 0.278. The van der Waals surface area contributed by atoms with Gasteiger partial charge in [-0.1, -0.05) is 5.16 Å². The molecule has 2 rings (SSSR count). The van der Waals surface area contributed by atoms with E-state index in [1.165, 1.54) is 28.4 Å². The van der Waals surface area contributed by atoms with Crippen LogP contribution in [0.2, 0.25) is 0 Å². The molecule has 0 aliphatic rings. The van der Waals surface area contributed by atoms with Gasteiger partial charge in [-0.05, 0) is 30.3 Å². The zero-order valence-electron chi connectivity index (χ0n) is 14.8. The molecule has 0 saturated carbocycles. The third kappa shape index (κ3) is 3.55. The van der Waals surface area contributed by atoms with E-state index in [0.29, 0.717) is 45.6 Å². The van der Waals surface area contributed by atoms with E-state index in [4.69, 9.17) is 23.7 Å². The number of benzene rings is 2. The summed E-state index contributed by atoms with van der Waals surface area (Å²) in [7, 11) is 7.66. The molecule has 0 heterocycles. The first-order valence-electron chi connectivity index (χ1n) is 7.38. The summed E-state index contributed by atoms with van der Waals surface area (Å²) in [6.45, 7) is 0. The van der Waals surface area contributed by atoms with Crippen LogP contribution in [0.25, 0.3) is 0 Å². The molecule has 0 fully saturated rings. The molecule has 2 aromatic carbocycles. The summed E-state index contributed by atoms with van der Waals surface area (Å²) in [5, 5.41) is 13.0. The molecule has 7 nitrogen and oxygen atoms in total. The lowest BCUT2D eigenvalue weighted by atomic mass is 10.0. The zero-order chi connectivity index (χ0) is 18.4. The summed E-state index contributed by atoms with van der Waals surface area (Å²) in [4.78, 5) is 0. The largest absolute Gasteiger partial charge is 0.493 e. The van der Waals surface area contributed by atoms with Gasteiger partial charge in [-0.3, -0.25) is 0 Å². The van der Waals surface area contributed by atoms with Crippen LogP contribution < -0.4 is 23.7 Å². The molecule has 0 amide bonds. The van der Waals surface area contributed by atoms with Crippen LogP contribution in [0.15, 0.2) is 35.5 Å². The van der Waals surface area contributed by atoms with Crippen LogP contribution in [0, 0.1) is 0 Å². The maximum Gasteiger partial charge on any atom is 0.203 e. The molecule has 0 saturated heterocycles. The second kappa shape index (κ2) is 8.14. The van der Waals surface area contributed by atoms with Crippen molar-refractivity contribution in [1.29, 1.82) is 0 Å². The van der Waals surface area contributed by atoms with Gasteiger partial charge in [0.2, 0.25) is 5.75 Å². The minimum atomic E-state index is 0.320. The fourth-order valence-electron chi connectivity index (χ4n) is 2.48. The first-order chi connectivity index (χ1) is 12.1. The molecule has 0 radical (unpaired) electrons. The third-order valence-corrected chi connectivity index (χ3v) is 3.70. The van der Waals surface area contributed by atoms with E-state index in [-0.39, 0.29) is 0 Å². The summed E-state index contributed by atoms with van der Waals surface area (Å²) < 4.78 is 26.5. The van der Waals surface area contributed by atoms with Crippen molar-refractivity contribution in [3.63, 3.8) is 0 Å². The molecule has 0 bridgehead atoms. The topological polar surface area (TPSA) is 78.7 Å². The molecule has 0 atom stereocenters. The minimum absolute atomic E-state index is 0.320. The lowest BCUT2D eigenvalue weighted by molar-refractivity contribution is 0.318. The third-order valence-electron chi connectivity index (χ3n) is 3.70. The van der Waals surface area contributed by atoms with Gasteiger partial charge in [0.1, 0.15) is 5.71 Å². The van der Waals surface area contributed by atoms with Crippen molar-refractivity contribution in [1.82, 2.24) is 0 Å². The van der Waals surface area contributed by atoms with Gasteiger partial charge >= 0.3 is 0 Å². The molecule has 0 unspecified atom stereocenters. The highest BCUT2D eigenvalue weighted by Crippen LogP contribution is 2.39. The Morgan fingerprint density at radius 1 is 0.680 bits per heavy atom. The molecule has 0 aliphatic carbocycles. The summed E-state index contributed by atoms with van der Waals surface area (Å²) >= 11 is 0. The van der Waals surface area contributed by atoms with E-state index < -0.39 is 0 Å². The van der Waals surface area contributed by atoms with Crippen LogP contribution in [0.4, 0.5) is 0 Å². The predicted molar refractivity (Wildman–Crippen MR) is 93.1 cm³/mol. The van der Waals surface area contributed by atoms with E-state index in [1.54, 1.807) is 37.4 Å². The normalized spacial score (nSPS) is 11.0. The monoisotopic (exact) mass is 347 g/mol.